The molecule has 0 aliphatic rings. The summed E-state index contributed by atoms with van der Waals surface area (Å²) in [6.45, 7) is 2.50. The zero-order valence-electron chi connectivity index (χ0n) is 5.22. The largest absolute Gasteiger partial charge is 0.326 e. The number of nitrogens with one attached hydrogen (secondary N) is 1. The fraction of sp³-hybridized carbons (Fsp3) is 0.400. The molecule has 9 heavy (non-hydrogen) atoms. The van der Waals surface area contributed by atoms with E-state index >= 15 is 0 Å². The van der Waals surface area contributed by atoms with Crippen LogP contribution in [-0.4, -0.2) is 10.2 Å². The van der Waals surface area contributed by atoms with Crippen LogP contribution < -0.4 is 5.73 Å². The van der Waals surface area contributed by atoms with Gasteiger partial charge >= 0.3 is 0 Å². The van der Waals surface area contributed by atoms with Crippen LogP contribution in [-0.2, 0) is 6.54 Å². The zero-order valence-corrected chi connectivity index (χ0v) is 6.03. The van der Waals surface area contributed by atoms with E-state index in [1.807, 2.05) is 13.1 Å². The Morgan fingerprint density at radius 1 is 1.78 bits per heavy atom. The summed E-state index contributed by atoms with van der Waals surface area (Å²) in [4.78, 5) is 0. The first-order valence-corrected chi connectivity index (χ1v) is 2.54. The normalized spacial score (nSPS) is 8.67. The van der Waals surface area contributed by atoms with Gasteiger partial charge in [-0.1, -0.05) is 0 Å². The van der Waals surface area contributed by atoms with Gasteiger partial charge in [-0.05, 0) is 6.92 Å². The van der Waals surface area contributed by atoms with Gasteiger partial charge in [-0.15, -0.1) is 12.4 Å². The Labute approximate surface area is 60.1 Å². The van der Waals surface area contributed by atoms with Crippen LogP contribution in [0, 0.1) is 6.92 Å². The van der Waals surface area contributed by atoms with Crippen molar-refractivity contribution >= 4 is 12.4 Å². The highest BCUT2D eigenvalue weighted by molar-refractivity contribution is 5.85. The first-order chi connectivity index (χ1) is 3.84. The number of aryl methyl sites for hydroxylation is 1. The molecule has 0 atom stereocenters. The summed E-state index contributed by atoms with van der Waals surface area (Å²) < 4.78 is 0. The Morgan fingerprint density at radius 3 is 2.67 bits per heavy atom. The second-order valence-corrected chi connectivity index (χ2v) is 1.70. The highest BCUT2D eigenvalue weighted by Gasteiger charge is 1.93. The van der Waals surface area contributed by atoms with Gasteiger partial charge < -0.3 is 5.73 Å². The summed E-state index contributed by atoms with van der Waals surface area (Å²) in [7, 11) is 0. The molecule has 0 fully saturated rings. The molecule has 0 amide bonds. The number of H-pyrrole nitrogens is 1. The molecule has 0 saturated heterocycles. The molecule has 0 radical (unpaired) electrons. The van der Waals surface area contributed by atoms with E-state index in [9.17, 15) is 0 Å². The summed E-state index contributed by atoms with van der Waals surface area (Å²) in [5.74, 6) is 0. The molecule has 52 valence electrons. The van der Waals surface area contributed by atoms with Gasteiger partial charge in [0.2, 0.25) is 0 Å². The number of nitrogens with zero attached hydrogens (tertiary/aromatic N) is 1. The quantitative estimate of drug-likeness (QED) is 0.611. The monoisotopic (exact) mass is 147 g/mol. The maximum Gasteiger partial charge on any atom is 0.0636 e. The Balaban J connectivity index is 0.000000640. The van der Waals surface area contributed by atoms with Gasteiger partial charge in [-0.25, -0.2) is 0 Å². The van der Waals surface area contributed by atoms with Crippen molar-refractivity contribution in [3.8, 4) is 0 Å². The van der Waals surface area contributed by atoms with Crippen LogP contribution in [0.4, 0.5) is 0 Å². The fourth-order valence-electron chi connectivity index (χ4n) is 0.590. The lowest BCUT2D eigenvalue weighted by atomic mass is 10.3. The Bertz CT molecular complexity index is 172. The van der Waals surface area contributed by atoms with Gasteiger partial charge in [0.25, 0.3) is 0 Å². The molecule has 1 aromatic heterocycles. The topological polar surface area (TPSA) is 54.7 Å². The van der Waals surface area contributed by atoms with Crippen LogP contribution >= 0.6 is 12.4 Å². The summed E-state index contributed by atoms with van der Waals surface area (Å²) in [5, 5.41) is 6.60. The highest BCUT2D eigenvalue weighted by atomic mass is 35.5. The van der Waals surface area contributed by atoms with Crippen LogP contribution in [0.5, 0.6) is 0 Å². The first kappa shape index (κ1) is 8.46. The molecule has 0 bridgehead atoms. The number of halogens is 1. The standard InChI is InChI=1S/C5H9N3.ClH/c1-4-5(2-6)3-7-8-4;/h3H,2,6H2,1H3,(H,7,8);1H. The van der Waals surface area contributed by atoms with Gasteiger partial charge in [-0.2, -0.15) is 5.10 Å². The average Bonchev–Trinajstić information content (AvgIpc) is 2.14. The minimum absolute atomic E-state index is 0. The predicted octanol–water partition coefficient (Wildman–Crippen LogP) is 0.599. The lowest BCUT2D eigenvalue weighted by molar-refractivity contribution is 1.02. The zero-order chi connectivity index (χ0) is 5.98. The molecule has 0 saturated carbocycles. The Hall–Kier alpha value is -0.540. The van der Waals surface area contributed by atoms with E-state index in [-0.39, 0.29) is 12.4 Å². The van der Waals surface area contributed by atoms with Crippen LogP contribution in [0.2, 0.25) is 0 Å². The molecule has 0 unspecified atom stereocenters. The van der Waals surface area contributed by atoms with Crippen molar-refractivity contribution in [1.82, 2.24) is 10.2 Å². The third kappa shape index (κ3) is 1.69. The first-order valence-electron chi connectivity index (χ1n) is 2.54. The van der Waals surface area contributed by atoms with Crippen LogP contribution in [0.3, 0.4) is 0 Å². The summed E-state index contributed by atoms with van der Waals surface area (Å²) in [6, 6.07) is 0. The minimum atomic E-state index is 0. The van der Waals surface area contributed by atoms with Crippen molar-refractivity contribution in [1.29, 1.82) is 0 Å². The van der Waals surface area contributed by atoms with E-state index in [4.69, 9.17) is 5.73 Å². The smallest absolute Gasteiger partial charge is 0.0636 e. The van der Waals surface area contributed by atoms with Crippen molar-refractivity contribution in [3.63, 3.8) is 0 Å². The third-order valence-corrected chi connectivity index (χ3v) is 1.16. The van der Waals surface area contributed by atoms with E-state index in [1.165, 1.54) is 0 Å². The van der Waals surface area contributed by atoms with Crippen LogP contribution in [0.1, 0.15) is 11.3 Å². The highest BCUT2D eigenvalue weighted by Crippen LogP contribution is 1.98. The predicted molar refractivity (Wildman–Crippen MR) is 38.5 cm³/mol. The molecule has 1 aromatic rings. The number of rotatable bonds is 1. The molecule has 0 aliphatic carbocycles. The molecule has 1 rings (SSSR count). The van der Waals surface area contributed by atoms with Gasteiger partial charge in [0.05, 0.1) is 5.69 Å². The van der Waals surface area contributed by atoms with Gasteiger partial charge in [-0.3, -0.25) is 5.10 Å². The number of hydrogen-bond acceptors (Lipinski definition) is 2. The van der Waals surface area contributed by atoms with Crippen LogP contribution in [0.15, 0.2) is 6.20 Å². The lowest BCUT2D eigenvalue weighted by Crippen LogP contribution is -1.95. The van der Waals surface area contributed by atoms with Crippen molar-refractivity contribution < 1.29 is 0 Å². The summed E-state index contributed by atoms with van der Waals surface area (Å²) in [6.07, 6.45) is 1.81. The van der Waals surface area contributed by atoms with Gasteiger partial charge in [0.1, 0.15) is 0 Å². The van der Waals surface area contributed by atoms with Crippen LogP contribution in [0.25, 0.3) is 0 Å². The number of aromatic nitrogens is 2. The molecule has 0 spiro atoms. The maximum atomic E-state index is 5.34. The number of aromatic amines is 1. The van der Waals surface area contributed by atoms with E-state index in [0.29, 0.717) is 6.54 Å². The maximum absolute atomic E-state index is 5.34. The van der Waals surface area contributed by atoms with E-state index < -0.39 is 0 Å². The van der Waals surface area contributed by atoms with Crippen molar-refractivity contribution in [2.24, 2.45) is 5.73 Å². The summed E-state index contributed by atoms with van der Waals surface area (Å²) >= 11 is 0. The molecule has 3 N–H and O–H groups in total. The lowest BCUT2D eigenvalue weighted by Gasteiger charge is -1.85. The molecule has 0 aliphatic heterocycles. The molecule has 3 nitrogen and oxygen atoms in total. The van der Waals surface area contributed by atoms with Gasteiger partial charge in [0, 0.05) is 18.3 Å². The fourth-order valence-corrected chi connectivity index (χ4v) is 0.590. The molecule has 4 heteroatoms. The van der Waals surface area contributed by atoms with E-state index in [2.05, 4.69) is 10.2 Å². The second kappa shape index (κ2) is 3.48. The second-order valence-electron chi connectivity index (χ2n) is 1.70. The Morgan fingerprint density at radius 2 is 2.44 bits per heavy atom. The van der Waals surface area contributed by atoms with E-state index in [1.54, 1.807) is 0 Å². The van der Waals surface area contributed by atoms with Crippen molar-refractivity contribution in [2.45, 2.75) is 13.5 Å². The SMILES string of the molecule is Cc1n[nH]cc1CN.Cl. The van der Waals surface area contributed by atoms with Crippen molar-refractivity contribution in [3.05, 3.63) is 17.5 Å². The molecular formula is C5H10ClN3. The average molecular weight is 148 g/mol. The molecule has 0 aromatic carbocycles. The van der Waals surface area contributed by atoms with Gasteiger partial charge in [0.15, 0.2) is 0 Å². The molecule has 1 heterocycles. The third-order valence-electron chi connectivity index (χ3n) is 1.16. The number of nitrogens with two attached hydrogens (primary N) is 1. The minimum Gasteiger partial charge on any atom is -0.326 e. The Kier molecular flexibility index (Phi) is 3.27. The number of hydrogen-bond donors (Lipinski definition) is 2. The van der Waals surface area contributed by atoms with E-state index in [0.717, 1.165) is 11.3 Å². The molecular weight excluding hydrogens is 138 g/mol. The summed E-state index contributed by atoms with van der Waals surface area (Å²) in [5.41, 5.74) is 7.42. The van der Waals surface area contributed by atoms with Crippen molar-refractivity contribution in [2.75, 3.05) is 0 Å².